The van der Waals surface area contributed by atoms with Gasteiger partial charge in [0.05, 0.1) is 6.10 Å². The van der Waals surface area contributed by atoms with Crippen molar-refractivity contribution in [1.82, 2.24) is 5.32 Å². The van der Waals surface area contributed by atoms with Gasteiger partial charge in [-0.3, -0.25) is 4.79 Å². The molecule has 2 atom stereocenters. The van der Waals surface area contributed by atoms with E-state index >= 15 is 0 Å². The Bertz CT molecular complexity index is 771. The van der Waals surface area contributed by atoms with Crippen LogP contribution in [0.4, 0.5) is 0 Å². The first-order valence-corrected chi connectivity index (χ1v) is 7.36. The number of amides is 1. The first-order valence-electron chi connectivity index (χ1n) is 7.36. The van der Waals surface area contributed by atoms with Crippen LogP contribution >= 0.6 is 0 Å². The predicted octanol–water partition coefficient (Wildman–Crippen LogP) is 1.65. The Morgan fingerprint density at radius 1 is 0.958 bits per heavy atom. The molecule has 0 aliphatic carbocycles. The zero-order valence-corrected chi connectivity index (χ0v) is 13.1. The lowest BCUT2D eigenvalue weighted by atomic mass is 10.1. The zero-order valence-electron chi connectivity index (χ0n) is 13.1. The zero-order chi connectivity index (χ0) is 17.5. The molecular formula is C19H17NO4. The lowest BCUT2D eigenvalue weighted by Gasteiger charge is -2.16. The van der Waals surface area contributed by atoms with E-state index in [1.807, 2.05) is 30.3 Å². The Morgan fingerprint density at radius 3 is 2.00 bits per heavy atom. The Hall–Kier alpha value is -3.10. The minimum absolute atomic E-state index is 0.298. The Morgan fingerprint density at radius 2 is 1.50 bits per heavy atom. The number of rotatable bonds is 4. The SMILES string of the molecule is C[C@@H](O)[C@H](NC(=O)c1ccc(C#Cc2ccccc2)cc1)C(=O)O. The second-order valence-electron chi connectivity index (χ2n) is 5.22. The van der Waals surface area contributed by atoms with E-state index in [2.05, 4.69) is 17.2 Å². The van der Waals surface area contributed by atoms with Crippen LogP contribution < -0.4 is 5.32 Å². The number of hydrogen-bond acceptors (Lipinski definition) is 3. The molecule has 122 valence electrons. The van der Waals surface area contributed by atoms with Crippen LogP contribution in [-0.4, -0.2) is 34.2 Å². The van der Waals surface area contributed by atoms with Crippen molar-refractivity contribution in [3.05, 3.63) is 71.3 Å². The van der Waals surface area contributed by atoms with Crippen molar-refractivity contribution in [2.45, 2.75) is 19.1 Å². The van der Waals surface area contributed by atoms with Gasteiger partial charge in [0.1, 0.15) is 0 Å². The fourth-order valence-electron chi connectivity index (χ4n) is 1.98. The van der Waals surface area contributed by atoms with Crippen LogP contribution in [-0.2, 0) is 4.79 Å². The molecular weight excluding hydrogens is 306 g/mol. The molecule has 1 amide bonds. The molecule has 5 nitrogen and oxygen atoms in total. The maximum Gasteiger partial charge on any atom is 0.328 e. The van der Waals surface area contributed by atoms with Crippen LogP contribution in [0.1, 0.15) is 28.4 Å². The Kier molecular flexibility index (Phi) is 5.72. The van der Waals surface area contributed by atoms with Gasteiger partial charge in [-0.1, -0.05) is 30.0 Å². The second-order valence-corrected chi connectivity index (χ2v) is 5.22. The van der Waals surface area contributed by atoms with E-state index in [1.165, 1.54) is 6.92 Å². The van der Waals surface area contributed by atoms with Gasteiger partial charge in [0.15, 0.2) is 6.04 Å². The van der Waals surface area contributed by atoms with Crippen LogP contribution in [0.25, 0.3) is 0 Å². The normalized spacial score (nSPS) is 12.4. The minimum Gasteiger partial charge on any atom is -0.480 e. The summed E-state index contributed by atoms with van der Waals surface area (Å²) in [7, 11) is 0. The standard InChI is InChI=1S/C19H17NO4/c1-13(21)17(19(23)24)20-18(22)16-11-9-15(10-12-16)8-7-14-5-3-2-4-6-14/h2-6,9-13,17,21H,1H3,(H,20,22)(H,23,24)/t13-,17+/m1/s1. The van der Waals surface area contributed by atoms with E-state index in [0.717, 1.165) is 11.1 Å². The van der Waals surface area contributed by atoms with Gasteiger partial charge < -0.3 is 15.5 Å². The van der Waals surface area contributed by atoms with E-state index in [9.17, 15) is 14.7 Å². The van der Waals surface area contributed by atoms with Crippen LogP contribution in [0.15, 0.2) is 54.6 Å². The molecule has 0 aliphatic rings. The van der Waals surface area contributed by atoms with Gasteiger partial charge in [0, 0.05) is 16.7 Å². The molecule has 0 heterocycles. The number of carbonyl (C=O) groups is 2. The molecule has 2 rings (SSSR count). The maximum atomic E-state index is 12.0. The van der Waals surface area contributed by atoms with Crippen LogP contribution in [0.5, 0.6) is 0 Å². The number of benzene rings is 2. The number of nitrogens with one attached hydrogen (secondary N) is 1. The van der Waals surface area contributed by atoms with Crippen LogP contribution in [0.2, 0.25) is 0 Å². The Balaban J connectivity index is 2.08. The first kappa shape index (κ1) is 17.3. The van der Waals surface area contributed by atoms with Gasteiger partial charge in [-0.2, -0.15) is 0 Å². The summed E-state index contributed by atoms with van der Waals surface area (Å²) in [6.07, 6.45) is -1.19. The van der Waals surface area contributed by atoms with Crippen LogP contribution in [0, 0.1) is 11.8 Å². The number of carbonyl (C=O) groups excluding carboxylic acids is 1. The van der Waals surface area contributed by atoms with Crippen LogP contribution in [0.3, 0.4) is 0 Å². The quantitative estimate of drug-likeness (QED) is 0.747. The second kappa shape index (κ2) is 7.95. The van der Waals surface area contributed by atoms with Crippen molar-refractivity contribution < 1.29 is 19.8 Å². The number of aliphatic carboxylic acids is 1. The number of aliphatic hydroxyl groups is 1. The lowest BCUT2D eigenvalue weighted by molar-refractivity contribution is -0.141. The molecule has 24 heavy (non-hydrogen) atoms. The van der Waals surface area contributed by atoms with Gasteiger partial charge >= 0.3 is 5.97 Å². The molecule has 5 heteroatoms. The van der Waals surface area contributed by atoms with Gasteiger partial charge in [0.2, 0.25) is 0 Å². The third-order valence-corrected chi connectivity index (χ3v) is 3.31. The highest BCUT2D eigenvalue weighted by Crippen LogP contribution is 2.05. The molecule has 2 aromatic rings. The summed E-state index contributed by atoms with van der Waals surface area (Å²) < 4.78 is 0. The minimum atomic E-state index is -1.35. The van der Waals surface area contributed by atoms with Crippen molar-refractivity contribution in [2.24, 2.45) is 0 Å². The summed E-state index contributed by atoms with van der Waals surface area (Å²) in [5, 5.41) is 20.6. The first-order chi connectivity index (χ1) is 11.5. The highest BCUT2D eigenvalue weighted by Gasteiger charge is 2.25. The topological polar surface area (TPSA) is 86.6 Å². The summed E-state index contributed by atoms with van der Waals surface area (Å²) in [6.45, 7) is 1.31. The monoisotopic (exact) mass is 323 g/mol. The summed E-state index contributed by atoms with van der Waals surface area (Å²) >= 11 is 0. The third-order valence-electron chi connectivity index (χ3n) is 3.31. The third kappa shape index (κ3) is 4.70. The molecule has 0 saturated heterocycles. The molecule has 3 N–H and O–H groups in total. The summed E-state index contributed by atoms with van der Waals surface area (Å²) in [6, 6.07) is 14.7. The molecule has 2 aromatic carbocycles. The number of carboxylic acid groups (broad SMARTS) is 1. The van der Waals surface area contributed by atoms with Crippen molar-refractivity contribution in [3.8, 4) is 11.8 Å². The smallest absolute Gasteiger partial charge is 0.328 e. The van der Waals surface area contributed by atoms with Crippen molar-refractivity contribution >= 4 is 11.9 Å². The fourth-order valence-corrected chi connectivity index (χ4v) is 1.98. The predicted molar refractivity (Wildman–Crippen MR) is 89.4 cm³/mol. The maximum absolute atomic E-state index is 12.0. The molecule has 0 aliphatic heterocycles. The molecule has 0 bridgehead atoms. The molecule has 0 aromatic heterocycles. The van der Waals surface area contributed by atoms with Crippen molar-refractivity contribution in [2.75, 3.05) is 0 Å². The fraction of sp³-hybridized carbons (Fsp3) is 0.158. The van der Waals surface area contributed by atoms with Gasteiger partial charge in [-0.15, -0.1) is 0 Å². The van der Waals surface area contributed by atoms with Gasteiger partial charge in [0.25, 0.3) is 5.91 Å². The molecule has 0 saturated carbocycles. The summed E-state index contributed by atoms with van der Waals surface area (Å²) in [5.41, 5.74) is 1.92. The summed E-state index contributed by atoms with van der Waals surface area (Å²) in [4.78, 5) is 23.0. The van der Waals surface area contributed by atoms with E-state index in [4.69, 9.17) is 5.11 Å². The van der Waals surface area contributed by atoms with Gasteiger partial charge in [-0.05, 0) is 43.3 Å². The molecule has 0 unspecified atom stereocenters. The van der Waals surface area contributed by atoms with E-state index in [-0.39, 0.29) is 0 Å². The van der Waals surface area contributed by atoms with Crippen molar-refractivity contribution in [1.29, 1.82) is 0 Å². The highest BCUT2D eigenvalue weighted by molar-refractivity contribution is 5.96. The average Bonchev–Trinajstić information content (AvgIpc) is 2.58. The van der Waals surface area contributed by atoms with Crippen molar-refractivity contribution in [3.63, 3.8) is 0 Å². The molecule has 0 radical (unpaired) electrons. The van der Waals surface area contributed by atoms with Gasteiger partial charge in [-0.25, -0.2) is 4.79 Å². The number of aliphatic hydroxyl groups excluding tert-OH is 1. The van der Waals surface area contributed by atoms with E-state index in [0.29, 0.717) is 5.56 Å². The summed E-state index contributed by atoms with van der Waals surface area (Å²) in [5.74, 6) is 4.15. The number of carboxylic acids is 1. The van der Waals surface area contributed by atoms with E-state index in [1.54, 1.807) is 24.3 Å². The number of hydrogen-bond donors (Lipinski definition) is 3. The van der Waals surface area contributed by atoms with E-state index < -0.39 is 24.0 Å². The largest absolute Gasteiger partial charge is 0.480 e. The lowest BCUT2D eigenvalue weighted by Crippen LogP contribution is -2.47. The average molecular weight is 323 g/mol. The highest BCUT2D eigenvalue weighted by atomic mass is 16.4. The molecule has 0 fully saturated rings. The Labute approximate surface area is 140 Å². The molecule has 0 spiro atoms.